The van der Waals surface area contributed by atoms with Crippen LogP contribution in [-0.4, -0.2) is 23.3 Å². The number of nitro benzene ring substituents is 1. The molecule has 0 spiro atoms. The molecular weight excluding hydrogens is 381 g/mol. The van der Waals surface area contributed by atoms with Gasteiger partial charge in [0.15, 0.2) is 0 Å². The van der Waals surface area contributed by atoms with Gasteiger partial charge in [-0.15, -0.1) is 0 Å². The van der Waals surface area contributed by atoms with Gasteiger partial charge in [0, 0.05) is 17.2 Å². The summed E-state index contributed by atoms with van der Waals surface area (Å²) in [6.07, 6.45) is 2.42. The number of nitrogens with zero attached hydrogens (tertiary/aromatic N) is 1. The van der Waals surface area contributed by atoms with Gasteiger partial charge in [0.05, 0.1) is 27.7 Å². The van der Waals surface area contributed by atoms with Gasteiger partial charge in [-0.3, -0.25) is 19.7 Å². The van der Waals surface area contributed by atoms with Gasteiger partial charge < -0.3 is 10.6 Å². The number of hydrogen-bond acceptors (Lipinski definition) is 4. The van der Waals surface area contributed by atoms with Gasteiger partial charge in [0.25, 0.3) is 5.69 Å². The highest BCUT2D eigenvalue weighted by Crippen LogP contribution is 2.25. The minimum absolute atomic E-state index is 0.120. The Morgan fingerprint density at radius 2 is 1.88 bits per heavy atom. The topological polar surface area (TPSA) is 101 Å². The van der Waals surface area contributed by atoms with Crippen molar-refractivity contribution in [3.05, 3.63) is 74.3 Å². The Kier molecular flexibility index (Phi) is 6.71. The van der Waals surface area contributed by atoms with E-state index in [0.717, 1.165) is 6.08 Å². The van der Waals surface area contributed by atoms with Crippen LogP contribution in [-0.2, 0) is 9.59 Å². The molecule has 0 aromatic heterocycles. The largest absolute Gasteiger partial charge is 0.343 e. The van der Waals surface area contributed by atoms with Gasteiger partial charge in [-0.05, 0) is 30.3 Å². The van der Waals surface area contributed by atoms with Crippen molar-refractivity contribution in [1.29, 1.82) is 0 Å². The van der Waals surface area contributed by atoms with Crippen molar-refractivity contribution in [3.8, 4) is 0 Å². The zero-order valence-corrected chi connectivity index (χ0v) is 14.8. The molecule has 0 bridgehead atoms. The van der Waals surface area contributed by atoms with E-state index < -0.39 is 16.7 Å². The van der Waals surface area contributed by atoms with Crippen LogP contribution < -0.4 is 10.6 Å². The molecule has 0 aliphatic carbocycles. The number of nitrogens with one attached hydrogen (secondary N) is 2. The molecule has 0 saturated heterocycles. The van der Waals surface area contributed by atoms with E-state index in [9.17, 15) is 19.7 Å². The normalized spacial score (nSPS) is 10.5. The number of rotatable bonds is 6. The minimum Gasteiger partial charge on any atom is -0.343 e. The Labute approximate surface area is 158 Å². The lowest BCUT2D eigenvalue weighted by Gasteiger charge is -2.08. The first-order valence-corrected chi connectivity index (χ1v) is 8.06. The van der Waals surface area contributed by atoms with Crippen molar-refractivity contribution in [2.24, 2.45) is 0 Å². The average molecular weight is 394 g/mol. The van der Waals surface area contributed by atoms with Crippen LogP contribution in [0.5, 0.6) is 0 Å². The summed E-state index contributed by atoms with van der Waals surface area (Å²) in [5.74, 6) is -1.07. The maximum absolute atomic E-state index is 11.9. The summed E-state index contributed by atoms with van der Waals surface area (Å²) in [7, 11) is 0. The van der Waals surface area contributed by atoms with Crippen molar-refractivity contribution >= 4 is 52.5 Å². The summed E-state index contributed by atoms with van der Waals surface area (Å²) < 4.78 is 0. The zero-order chi connectivity index (χ0) is 19.1. The number of carbonyl (C=O) groups excluding carboxylic acids is 2. The number of carbonyl (C=O) groups is 2. The zero-order valence-electron chi connectivity index (χ0n) is 13.2. The van der Waals surface area contributed by atoms with Crippen LogP contribution in [0, 0.1) is 10.1 Å². The highest BCUT2D eigenvalue weighted by Gasteiger charge is 2.10. The Balaban J connectivity index is 1.91. The monoisotopic (exact) mass is 393 g/mol. The molecule has 2 N–H and O–H groups in total. The van der Waals surface area contributed by atoms with Crippen LogP contribution in [0.2, 0.25) is 10.0 Å². The molecule has 2 aromatic carbocycles. The molecule has 0 saturated carbocycles. The number of benzene rings is 2. The van der Waals surface area contributed by atoms with Crippen molar-refractivity contribution < 1.29 is 14.5 Å². The number of hydrogen-bond donors (Lipinski definition) is 2. The van der Waals surface area contributed by atoms with E-state index in [1.165, 1.54) is 36.4 Å². The van der Waals surface area contributed by atoms with E-state index >= 15 is 0 Å². The maximum Gasteiger partial charge on any atom is 0.276 e. The molecule has 2 rings (SSSR count). The third-order valence-electron chi connectivity index (χ3n) is 3.17. The molecule has 0 radical (unpaired) electrons. The Morgan fingerprint density at radius 1 is 1.15 bits per heavy atom. The van der Waals surface area contributed by atoms with E-state index in [2.05, 4.69) is 10.6 Å². The smallest absolute Gasteiger partial charge is 0.276 e. The predicted octanol–water partition coefficient (Wildman–Crippen LogP) is 3.67. The number of halogens is 2. The molecule has 134 valence electrons. The Hall–Kier alpha value is -2.90. The predicted molar refractivity (Wildman–Crippen MR) is 100 cm³/mol. The second-order valence-corrected chi connectivity index (χ2v) is 5.88. The third-order valence-corrected chi connectivity index (χ3v) is 3.74. The fourth-order valence-electron chi connectivity index (χ4n) is 1.97. The first-order chi connectivity index (χ1) is 12.4. The van der Waals surface area contributed by atoms with Crippen molar-refractivity contribution in [1.82, 2.24) is 5.32 Å². The summed E-state index contributed by atoms with van der Waals surface area (Å²) >= 11 is 11.8. The molecule has 0 fully saturated rings. The van der Waals surface area contributed by atoms with Crippen molar-refractivity contribution in [2.45, 2.75) is 0 Å². The summed E-state index contributed by atoms with van der Waals surface area (Å²) in [4.78, 5) is 34.0. The van der Waals surface area contributed by atoms with Gasteiger partial charge in [0.2, 0.25) is 11.8 Å². The molecule has 26 heavy (non-hydrogen) atoms. The van der Waals surface area contributed by atoms with Gasteiger partial charge in [-0.25, -0.2) is 0 Å². The highest BCUT2D eigenvalue weighted by atomic mass is 35.5. The van der Waals surface area contributed by atoms with E-state index in [0.29, 0.717) is 15.7 Å². The lowest BCUT2D eigenvalue weighted by atomic mass is 10.1. The molecule has 0 heterocycles. The van der Waals surface area contributed by atoms with Crippen LogP contribution in [0.1, 0.15) is 5.56 Å². The van der Waals surface area contributed by atoms with Gasteiger partial charge >= 0.3 is 0 Å². The van der Waals surface area contributed by atoms with Gasteiger partial charge in [0.1, 0.15) is 0 Å². The maximum atomic E-state index is 11.9. The van der Waals surface area contributed by atoms with E-state index in [1.54, 1.807) is 12.1 Å². The minimum atomic E-state index is -0.574. The van der Waals surface area contributed by atoms with E-state index in [1.807, 2.05) is 0 Å². The third kappa shape index (κ3) is 5.58. The average Bonchev–Trinajstić information content (AvgIpc) is 2.61. The van der Waals surface area contributed by atoms with Crippen molar-refractivity contribution in [3.63, 3.8) is 0 Å². The fraction of sp³-hybridized carbons (Fsp3) is 0.0588. The Bertz CT molecular complexity index is 884. The Morgan fingerprint density at radius 3 is 2.62 bits per heavy atom. The molecular formula is C17H13Cl2N3O4. The standard InChI is InChI=1S/C17H13Cl2N3O4/c18-12-6-7-13(19)14(9-12)21-17(24)10-20-16(23)8-5-11-3-1-2-4-15(11)22(25)26/h1-9H,10H2,(H,20,23)(H,21,24)/b8-5+. The van der Waals surface area contributed by atoms with Crippen LogP contribution in [0.4, 0.5) is 11.4 Å². The highest BCUT2D eigenvalue weighted by molar-refractivity contribution is 6.35. The molecule has 9 heteroatoms. The van der Waals surface area contributed by atoms with Gasteiger partial charge in [-0.1, -0.05) is 35.3 Å². The van der Waals surface area contributed by atoms with Crippen LogP contribution in [0.25, 0.3) is 6.08 Å². The number of anilines is 1. The SMILES string of the molecule is O=C(/C=C/c1ccccc1[N+](=O)[O-])NCC(=O)Nc1cc(Cl)ccc1Cl. The summed E-state index contributed by atoms with van der Waals surface area (Å²) in [6, 6.07) is 10.6. The molecule has 0 aliphatic rings. The molecule has 0 aliphatic heterocycles. The number of para-hydroxylation sites is 1. The molecule has 7 nitrogen and oxygen atoms in total. The van der Waals surface area contributed by atoms with E-state index in [4.69, 9.17) is 23.2 Å². The second-order valence-electron chi connectivity index (χ2n) is 5.04. The summed E-state index contributed by atoms with van der Waals surface area (Å²) in [5.41, 5.74) is 0.488. The molecule has 2 aromatic rings. The summed E-state index contributed by atoms with van der Waals surface area (Å²) in [6.45, 7) is -0.303. The molecule has 2 amide bonds. The lowest BCUT2D eigenvalue weighted by molar-refractivity contribution is -0.385. The van der Waals surface area contributed by atoms with Crippen LogP contribution >= 0.6 is 23.2 Å². The lowest BCUT2D eigenvalue weighted by Crippen LogP contribution is -2.31. The number of amides is 2. The van der Waals surface area contributed by atoms with Crippen molar-refractivity contribution in [2.75, 3.05) is 11.9 Å². The van der Waals surface area contributed by atoms with Crippen LogP contribution in [0.3, 0.4) is 0 Å². The van der Waals surface area contributed by atoms with Gasteiger partial charge in [-0.2, -0.15) is 0 Å². The second kappa shape index (κ2) is 8.98. The van der Waals surface area contributed by atoms with Crippen LogP contribution in [0.15, 0.2) is 48.5 Å². The molecule has 0 atom stereocenters. The first kappa shape index (κ1) is 19.4. The quantitative estimate of drug-likeness (QED) is 0.443. The fourth-order valence-corrected chi connectivity index (χ4v) is 2.31. The first-order valence-electron chi connectivity index (χ1n) is 7.31. The number of nitro groups is 1. The summed E-state index contributed by atoms with van der Waals surface area (Å²) in [5, 5.41) is 16.5. The van der Waals surface area contributed by atoms with E-state index in [-0.39, 0.29) is 17.8 Å². The molecule has 0 unspecified atom stereocenters.